The van der Waals surface area contributed by atoms with Crippen LogP contribution in [0, 0.1) is 0 Å². The first-order valence-corrected chi connectivity index (χ1v) is 8.93. The van der Waals surface area contributed by atoms with Crippen LogP contribution in [0.25, 0.3) is 0 Å². The van der Waals surface area contributed by atoms with Gasteiger partial charge in [-0.3, -0.25) is 9.59 Å². The van der Waals surface area contributed by atoms with E-state index < -0.39 is 0 Å². The van der Waals surface area contributed by atoms with Crippen molar-refractivity contribution in [1.82, 2.24) is 4.90 Å². The van der Waals surface area contributed by atoms with Crippen LogP contribution in [0.5, 0.6) is 0 Å². The smallest absolute Gasteiger partial charge is 0.253 e. The molecule has 0 fully saturated rings. The van der Waals surface area contributed by atoms with E-state index in [1.807, 2.05) is 24.3 Å². The van der Waals surface area contributed by atoms with Gasteiger partial charge in [0.15, 0.2) is 0 Å². The maximum atomic E-state index is 12.0. The zero-order chi connectivity index (χ0) is 17.5. The number of nitrogens with one attached hydrogen (secondary N) is 1. The number of amides is 2. The van der Waals surface area contributed by atoms with Gasteiger partial charge >= 0.3 is 0 Å². The predicted molar refractivity (Wildman–Crippen MR) is 101 cm³/mol. The summed E-state index contributed by atoms with van der Waals surface area (Å²) in [5, 5.41) is 3.52. The zero-order valence-electron chi connectivity index (χ0n) is 13.6. The average molecular weight is 363 g/mol. The van der Waals surface area contributed by atoms with E-state index in [1.54, 1.807) is 38.4 Å². The molecule has 0 aliphatic heterocycles. The van der Waals surface area contributed by atoms with Gasteiger partial charge in [-0.15, -0.1) is 11.8 Å². The molecule has 2 rings (SSSR count). The molecule has 0 unspecified atom stereocenters. The summed E-state index contributed by atoms with van der Waals surface area (Å²) in [6.07, 6.45) is 0. The number of carbonyl (C=O) groups excluding carboxylic acids is 2. The van der Waals surface area contributed by atoms with Crippen LogP contribution in [0.3, 0.4) is 0 Å². The van der Waals surface area contributed by atoms with Gasteiger partial charge in [0, 0.05) is 36.1 Å². The van der Waals surface area contributed by atoms with Gasteiger partial charge in [0.05, 0.1) is 5.75 Å². The highest BCUT2D eigenvalue weighted by Gasteiger charge is 2.08. The minimum Gasteiger partial charge on any atom is -0.345 e. The van der Waals surface area contributed by atoms with E-state index in [4.69, 9.17) is 11.6 Å². The number of carbonyl (C=O) groups is 2. The van der Waals surface area contributed by atoms with Gasteiger partial charge in [0.25, 0.3) is 5.91 Å². The summed E-state index contributed by atoms with van der Waals surface area (Å²) in [4.78, 5) is 25.3. The third-order valence-electron chi connectivity index (χ3n) is 3.21. The minimum absolute atomic E-state index is 0.0649. The number of benzene rings is 2. The lowest BCUT2D eigenvalue weighted by molar-refractivity contribution is -0.113. The molecular formula is C18H19ClN2O2S. The van der Waals surface area contributed by atoms with Gasteiger partial charge in [-0.1, -0.05) is 23.7 Å². The van der Waals surface area contributed by atoms with E-state index in [-0.39, 0.29) is 11.8 Å². The molecule has 4 nitrogen and oxygen atoms in total. The summed E-state index contributed by atoms with van der Waals surface area (Å²) in [6, 6.07) is 14.5. The molecule has 2 amide bonds. The van der Waals surface area contributed by atoms with Crippen LogP contribution in [0.15, 0.2) is 48.5 Å². The van der Waals surface area contributed by atoms with Gasteiger partial charge in [-0.05, 0) is 42.0 Å². The summed E-state index contributed by atoms with van der Waals surface area (Å²) in [5.41, 5.74) is 2.36. The van der Waals surface area contributed by atoms with Crippen LogP contribution in [-0.2, 0) is 10.5 Å². The first kappa shape index (κ1) is 18.4. The second-order valence-corrected chi connectivity index (χ2v) is 6.87. The zero-order valence-corrected chi connectivity index (χ0v) is 15.2. The Morgan fingerprint density at radius 2 is 1.83 bits per heavy atom. The Hall–Kier alpha value is -1.98. The van der Waals surface area contributed by atoms with E-state index in [0.29, 0.717) is 22.0 Å². The molecule has 0 aliphatic carbocycles. The Balaban J connectivity index is 1.81. The fourth-order valence-corrected chi connectivity index (χ4v) is 3.03. The Labute approximate surface area is 151 Å². The molecule has 0 saturated carbocycles. The summed E-state index contributed by atoms with van der Waals surface area (Å²) >= 11 is 7.46. The highest BCUT2D eigenvalue weighted by atomic mass is 35.5. The number of halogens is 1. The van der Waals surface area contributed by atoms with Crippen molar-refractivity contribution in [3.8, 4) is 0 Å². The van der Waals surface area contributed by atoms with Gasteiger partial charge in [0.1, 0.15) is 0 Å². The van der Waals surface area contributed by atoms with Gasteiger partial charge in [0.2, 0.25) is 5.91 Å². The Kier molecular flexibility index (Phi) is 6.70. The Morgan fingerprint density at radius 1 is 1.12 bits per heavy atom. The lowest BCUT2D eigenvalue weighted by Crippen LogP contribution is -2.21. The molecule has 0 aromatic heterocycles. The summed E-state index contributed by atoms with van der Waals surface area (Å²) in [6.45, 7) is 0. The number of thioether (sulfide) groups is 1. The third-order valence-corrected chi connectivity index (χ3v) is 4.45. The van der Waals surface area contributed by atoms with Crippen LogP contribution in [0.4, 0.5) is 5.69 Å². The van der Waals surface area contributed by atoms with Crippen molar-refractivity contribution in [2.24, 2.45) is 0 Å². The normalized spacial score (nSPS) is 10.3. The molecule has 0 bridgehead atoms. The SMILES string of the molecule is CN(C)C(=O)c1ccc(NC(=O)CSCc2cccc(Cl)c2)cc1. The Morgan fingerprint density at radius 3 is 2.46 bits per heavy atom. The van der Waals surface area contributed by atoms with Crippen molar-refractivity contribution >= 4 is 40.9 Å². The number of hydrogen-bond donors (Lipinski definition) is 1. The van der Waals surface area contributed by atoms with Crippen molar-refractivity contribution in [2.75, 3.05) is 25.2 Å². The first-order valence-electron chi connectivity index (χ1n) is 7.39. The quantitative estimate of drug-likeness (QED) is 0.847. The van der Waals surface area contributed by atoms with Crippen LogP contribution in [0.2, 0.25) is 5.02 Å². The molecule has 0 aliphatic rings. The second kappa shape index (κ2) is 8.76. The third kappa shape index (κ3) is 5.58. The average Bonchev–Trinajstić information content (AvgIpc) is 2.55. The number of nitrogens with zero attached hydrogens (tertiary/aromatic N) is 1. The van der Waals surface area contributed by atoms with E-state index >= 15 is 0 Å². The summed E-state index contributed by atoms with van der Waals surface area (Å²) < 4.78 is 0. The molecule has 0 atom stereocenters. The molecule has 24 heavy (non-hydrogen) atoms. The monoisotopic (exact) mass is 362 g/mol. The van der Waals surface area contributed by atoms with E-state index in [2.05, 4.69) is 5.32 Å². The van der Waals surface area contributed by atoms with Gasteiger partial charge in [-0.25, -0.2) is 0 Å². The summed E-state index contributed by atoms with van der Waals surface area (Å²) in [7, 11) is 3.41. The highest BCUT2D eigenvalue weighted by Crippen LogP contribution is 2.17. The molecule has 0 heterocycles. The van der Waals surface area contributed by atoms with Crippen molar-refractivity contribution in [1.29, 1.82) is 0 Å². The van der Waals surface area contributed by atoms with E-state index in [0.717, 1.165) is 11.3 Å². The maximum absolute atomic E-state index is 12.0. The number of hydrogen-bond acceptors (Lipinski definition) is 3. The number of rotatable bonds is 6. The van der Waals surface area contributed by atoms with Crippen LogP contribution < -0.4 is 5.32 Å². The van der Waals surface area contributed by atoms with Crippen LogP contribution in [-0.4, -0.2) is 36.6 Å². The van der Waals surface area contributed by atoms with E-state index in [1.165, 1.54) is 16.7 Å². The molecule has 0 radical (unpaired) electrons. The van der Waals surface area contributed by atoms with Crippen molar-refractivity contribution in [3.05, 3.63) is 64.7 Å². The summed E-state index contributed by atoms with van der Waals surface area (Å²) in [5.74, 6) is 0.938. The van der Waals surface area contributed by atoms with E-state index in [9.17, 15) is 9.59 Å². The first-order chi connectivity index (χ1) is 11.5. The molecular weight excluding hydrogens is 344 g/mol. The predicted octanol–water partition coefficient (Wildman–Crippen LogP) is 3.91. The second-order valence-electron chi connectivity index (χ2n) is 5.45. The standard InChI is InChI=1S/C18H19ClN2O2S/c1-21(2)18(23)14-6-8-16(9-7-14)20-17(22)12-24-11-13-4-3-5-15(19)10-13/h3-10H,11-12H2,1-2H3,(H,20,22). The van der Waals surface area contributed by atoms with Gasteiger partial charge in [-0.2, -0.15) is 0 Å². The minimum atomic E-state index is -0.0753. The fourth-order valence-electron chi connectivity index (χ4n) is 2.04. The van der Waals surface area contributed by atoms with Crippen molar-refractivity contribution in [2.45, 2.75) is 5.75 Å². The Bertz CT molecular complexity index is 717. The van der Waals surface area contributed by atoms with Crippen molar-refractivity contribution in [3.63, 3.8) is 0 Å². The largest absolute Gasteiger partial charge is 0.345 e. The van der Waals surface area contributed by atoms with Gasteiger partial charge < -0.3 is 10.2 Å². The molecule has 0 spiro atoms. The highest BCUT2D eigenvalue weighted by molar-refractivity contribution is 7.99. The maximum Gasteiger partial charge on any atom is 0.253 e. The topological polar surface area (TPSA) is 49.4 Å². The molecule has 6 heteroatoms. The van der Waals surface area contributed by atoms with Crippen LogP contribution >= 0.6 is 23.4 Å². The molecule has 2 aromatic carbocycles. The lowest BCUT2D eigenvalue weighted by Gasteiger charge is -2.11. The molecule has 1 N–H and O–H groups in total. The van der Waals surface area contributed by atoms with Crippen LogP contribution in [0.1, 0.15) is 15.9 Å². The lowest BCUT2D eigenvalue weighted by atomic mass is 10.2. The van der Waals surface area contributed by atoms with Crippen molar-refractivity contribution < 1.29 is 9.59 Å². The fraction of sp³-hybridized carbons (Fsp3) is 0.222. The molecule has 2 aromatic rings. The molecule has 0 saturated heterocycles. The molecule has 126 valence electrons. The number of anilines is 1.